The summed E-state index contributed by atoms with van der Waals surface area (Å²) in [5.41, 5.74) is 7.27. The molecule has 24 heavy (non-hydrogen) atoms. The number of amides is 1. The van der Waals surface area contributed by atoms with E-state index in [-0.39, 0.29) is 30.4 Å². The fourth-order valence-electron chi connectivity index (χ4n) is 4.25. The number of nitrogens with one attached hydrogen (secondary N) is 2. The van der Waals surface area contributed by atoms with Crippen molar-refractivity contribution in [2.24, 2.45) is 17.6 Å². The summed E-state index contributed by atoms with van der Waals surface area (Å²) in [7, 11) is 0. The van der Waals surface area contributed by atoms with E-state index < -0.39 is 0 Å². The number of H-pyrrole nitrogens is 1. The summed E-state index contributed by atoms with van der Waals surface area (Å²) in [5.74, 6) is 1.57. The maximum absolute atomic E-state index is 12.6. The van der Waals surface area contributed by atoms with E-state index in [1.54, 1.807) is 12.3 Å². The van der Waals surface area contributed by atoms with Gasteiger partial charge < -0.3 is 15.5 Å². The average Bonchev–Trinajstić information content (AvgIpc) is 3.19. The molecule has 130 valence electrons. The quantitative estimate of drug-likeness (QED) is 0.792. The van der Waals surface area contributed by atoms with Crippen LogP contribution in [-0.4, -0.2) is 28.2 Å². The van der Waals surface area contributed by atoms with Gasteiger partial charge in [0.25, 0.3) is 5.91 Å². The van der Waals surface area contributed by atoms with Gasteiger partial charge in [-0.05, 0) is 49.7 Å². The average molecular weight is 351 g/mol. The lowest BCUT2D eigenvalue weighted by atomic mass is 9.67. The number of carbonyl (C=O) groups excluding carboxylic acids is 1. The Balaban J connectivity index is 0.00000169. The topological polar surface area (TPSA) is 96.9 Å². The van der Waals surface area contributed by atoms with Crippen molar-refractivity contribution >= 4 is 18.3 Å². The number of aromatic nitrogens is 2. The van der Waals surface area contributed by atoms with Crippen LogP contribution in [0.5, 0.6) is 0 Å². The molecule has 2 aromatic heterocycles. The molecule has 0 aliphatic heterocycles. The Morgan fingerprint density at radius 2 is 2.08 bits per heavy atom. The van der Waals surface area contributed by atoms with Gasteiger partial charge in [0.2, 0.25) is 0 Å². The van der Waals surface area contributed by atoms with Gasteiger partial charge in [-0.1, -0.05) is 6.42 Å². The SMILES string of the molecule is Cl.NC1CC2CCCC(C1)C2NC(=O)c1cc(-c2ccco2)[nH]n1. The minimum Gasteiger partial charge on any atom is -0.463 e. The molecule has 0 radical (unpaired) electrons. The summed E-state index contributed by atoms with van der Waals surface area (Å²) >= 11 is 0. The molecule has 2 bridgehead atoms. The minimum absolute atomic E-state index is 0. The highest BCUT2D eigenvalue weighted by atomic mass is 35.5. The highest BCUT2D eigenvalue weighted by molar-refractivity contribution is 5.93. The Labute approximate surface area is 147 Å². The first-order valence-electron chi connectivity index (χ1n) is 8.36. The van der Waals surface area contributed by atoms with Crippen molar-refractivity contribution in [2.75, 3.05) is 0 Å². The molecule has 0 aromatic carbocycles. The number of nitrogens with zero attached hydrogens (tertiary/aromatic N) is 1. The van der Waals surface area contributed by atoms with Crippen molar-refractivity contribution in [3.8, 4) is 11.5 Å². The maximum Gasteiger partial charge on any atom is 0.272 e. The van der Waals surface area contributed by atoms with Crippen LogP contribution < -0.4 is 11.1 Å². The summed E-state index contributed by atoms with van der Waals surface area (Å²) in [6.07, 6.45) is 7.20. The van der Waals surface area contributed by atoms with E-state index in [0.29, 0.717) is 29.0 Å². The smallest absolute Gasteiger partial charge is 0.272 e. The van der Waals surface area contributed by atoms with Crippen LogP contribution in [0.1, 0.15) is 42.6 Å². The number of fused-ring (bicyclic) bond motifs is 2. The Hall–Kier alpha value is -1.79. The molecule has 2 aliphatic carbocycles. The third-order valence-electron chi connectivity index (χ3n) is 5.27. The second-order valence-corrected chi connectivity index (χ2v) is 6.83. The number of nitrogens with two attached hydrogens (primary N) is 1. The van der Waals surface area contributed by atoms with E-state index in [4.69, 9.17) is 10.2 Å². The third kappa shape index (κ3) is 3.21. The number of hydrogen-bond acceptors (Lipinski definition) is 4. The maximum atomic E-state index is 12.6. The molecule has 2 fully saturated rings. The molecule has 2 atom stereocenters. The van der Waals surface area contributed by atoms with Gasteiger partial charge in [-0.15, -0.1) is 12.4 Å². The molecule has 2 aromatic rings. The number of hydrogen-bond donors (Lipinski definition) is 3. The summed E-state index contributed by atoms with van der Waals surface area (Å²) in [5, 5.41) is 10.2. The van der Waals surface area contributed by atoms with Crippen LogP contribution in [0, 0.1) is 11.8 Å². The second kappa shape index (κ2) is 6.99. The highest BCUT2D eigenvalue weighted by Gasteiger charge is 2.40. The molecule has 2 heterocycles. The Morgan fingerprint density at radius 3 is 2.75 bits per heavy atom. The first-order chi connectivity index (χ1) is 11.2. The number of furan rings is 1. The Kier molecular flexibility index (Phi) is 4.96. The molecular weight excluding hydrogens is 328 g/mol. The summed E-state index contributed by atoms with van der Waals surface area (Å²) < 4.78 is 5.32. The van der Waals surface area contributed by atoms with Gasteiger partial charge in [-0.25, -0.2) is 0 Å². The number of halogens is 1. The van der Waals surface area contributed by atoms with Gasteiger partial charge in [0.05, 0.1) is 6.26 Å². The lowest BCUT2D eigenvalue weighted by molar-refractivity contribution is 0.0751. The zero-order chi connectivity index (χ0) is 15.8. The summed E-state index contributed by atoms with van der Waals surface area (Å²) in [6.45, 7) is 0. The number of carbonyl (C=O) groups is 1. The van der Waals surface area contributed by atoms with Crippen molar-refractivity contribution in [3.63, 3.8) is 0 Å². The van der Waals surface area contributed by atoms with Gasteiger partial charge in [0.15, 0.2) is 11.5 Å². The monoisotopic (exact) mass is 350 g/mol. The zero-order valence-electron chi connectivity index (χ0n) is 13.4. The summed E-state index contributed by atoms with van der Waals surface area (Å²) in [6, 6.07) is 5.90. The van der Waals surface area contributed by atoms with Crippen molar-refractivity contribution in [2.45, 2.75) is 44.2 Å². The van der Waals surface area contributed by atoms with Crippen LogP contribution in [0.2, 0.25) is 0 Å². The van der Waals surface area contributed by atoms with Gasteiger partial charge in [-0.2, -0.15) is 5.10 Å². The van der Waals surface area contributed by atoms with Crippen LogP contribution in [-0.2, 0) is 0 Å². The van der Waals surface area contributed by atoms with Crippen LogP contribution in [0.4, 0.5) is 0 Å². The lowest BCUT2D eigenvalue weighted by Crippen LogP contribution is -2.53. The van der Waals surface area contributed by atoms with E-state index in [2.05, 4.69) is 15.5 Å². The molecule has 2 unspecified atom stereocenters. The first-order valence-corrected chi connectivity index (χ1v) is 8.36. The molecule has 1 amide bonds. The van der Waals surface area contributed by atoms with E-state index in [1.165, 1.54) is 6.42 Å². The fraction of sp³-hybridized carbons (Fsp3) is 0.529. The lowest BCUT2D eigenvalue weighted by Gasteiger charge is -2.45. The van der Waals surface area contributed by atoms with Gasteiger partial charge in [0.1, 0.15) is 5.69 Å². The molecule has 2 aliphatic rings. The molecular formula is C17H23ClN4O2. The van der Waals surface area contributed by atoms with E-state index in [1.807, 2.05) is 12.1 Å². The Morgan fingerprint density at radius 1 is 1.33 bits per heavy atom. The van der Waals surface area contributed by atoms with Gasteiger partial charge >= 0.3 is 0 Å². The normalized spacial score (nSPS) is 28.9. The predicted octanol–water partition coefficient (Wildman–Crippen LogP) is 2.73. The highest BCUT2D eigenvalue weighted by Crippen LogP contribution is 2.39. The fourth-order valence-corrected chi connectivity index (χ4v) is 4.25. The van der Waals surface area contributed by atoms with Crippen LogP contribution in [0.25, 0.3) is 11.5 Å². The van der Waals surface area contributed by atoms with Crippen molar-refractivity contribution in [1.82, 2.24) is 15.5 Å². The van der Waals surface area contributed by atoms with Crippen molar-refractivity contribution < 1.29 is 9.21 Å². The molecule has 4 rings (SSSR count). The Bertz CT molecular complexity index is 671. The van der Waals surface area contributed by atoms with Gasteiger partial charge in [0, 0.05) is 18.2 Å². The largest absolute Gasteiger partial charge is 0.463 e. The molecule has 2 saturated carbocycles. The second-order valence-electron chi connectivity index (χ2n) is 6.83. The molecule has 4 N–H and O–H groups in total. The third-order valence-corrected chi connectivity index (χ3v) is 5.27. The van der Waals surface area contributed by atoms with Crippen molar-refractivity contribution in [3.05, 3.63) is 30.2 Å². The molecule has 6 nitrogen and oxygen atoms in total. The standard InChI is InChI=1S/C17H22N4O2.ClH/c18-12-7-10-3-1-4-11(8-12)16(10)19-17(22)14-9-13(20-21-14)15-5-2-6-23-15;/h2,5-6,9-12,16H,1,3-4,7-8,18H2,(H,19,22)(H,20,21);1H. The number of aromatic amines is 1. The van der Waals surface area contributed by atoms with E-state index in [0.717, 1.165) is 25.7 Å². The van der Waals surface area contributed by atoms with E-state index >= 15 is 0 Å². The van der Waals surface area contributed by atoms with Gasteiger partial charge in [-0.3, -0.25) is 9.89 Å². The van der Waals surface area contributed by atoms with Crippen molar-refractivity contribution in [1.29, 1.82) is 0 Å². The molecule has 7 heteroatoms. The number of rotatable bonds is 3. The van der Waals surface area contributed by atoms with E-state index in [9.17, 15) is 4.79 Å². The van der Waals surface area contributed by atoms with Crippen LogP contribution in [0.3, 0.4) is 0 Å². The van der Waals surface area contributed by atoms with Crippen LogP contribution in [0.15, 0.2) is 28.9 Å². The predicted molar refractivity (Wildman–Crippen MR) is 92.8 cm³/mol. The molecule has 0 saturated heterocycles. The minimum atomic E-state index is -0.114. The summed E-state index contributed by atoms with van der Waals surface area (Å²) in [4.78, 5) is 12.6. The molecule has 0 spiro atoms. The zero-order valence-corrected chi connectivity index (χ0v) is 14.2. The first kappa shape index (κ1) is 17.0. The van der Waals surface area contributed by atoms with Crippen LogP contribution >= 0.6 is 12.4 Å².